The molecule has 0 spiro atoms. The lowest BCUT2D eigenvalue weighted by Gasteiger charge is -2.17. The van der Waals surface area contributed by atoms with E-state index in [1.165, 1.54) is 6.42 Å². The largest absolute Gasteiger partial charge is 0.422 e. The van der Waals surface area contributed by atoms with E-state index in [1.54, 1.807) is 0 Å². The number of aromatic amines is 1. The van der Waals surface area contributed by atoms with Gasteiger partial charge in [-0.3, -0.25) is 9.59 Å². The SMILES string of the molecule is CCCCCC(CCC)CCC(=O)NC1CCc2c1n[nH]c(=O)c2C(F)(F)F. The average Bonchev–Trinajstić information content (AvgIpc) is 3.01. The number of aromatic nitrogens is 2. The van der Waals surface area contributed by atoms with Gasteiger partial charge in [-0.05, 0) is 30.7 Å². The van der Waals surface area contributed by atoms with Crippen LogP contribution in [0, 0.1) is 5.92 Å². The number of carbonyl (C=O) groups excluding carboxylic acids is 1. The minimum atomic E-state index is -4.73. The Bertz CT molecular complexity index is 716. The number of alkyl halides is 3. The highest BCUT2D eigenvalue weighted by Crippen LogP contribution is 2.37. The lowest BCUT2D eigenvalue weighted by molar-refractivity contribution is -0.139. The molecule has 0 bridgehead atoms. The van der Waals surface area contributed by atoms with Crippen molar-refractivity contribution < 1.29 is 18.0 Å². The molecule has 2 unspecified atom stereocenters. The number of hydrogen-bond acceptors (Lipinski definition) is 3. The molecule has 0 fully saturated rings. The first kappa shape index (κ1) is 22.4. The topological polar surface area (TPSA) is 74.8 Å². The van der Waals surface area contributed by atoms with Crippen LogP contribution >= 0.6 is 0 Å². The van der Waals surface area contributed by atoms with Gasteiger partial charge in [0, 0.05) is 6.42 Å². The molecule has 5 nitrogen and oxygen atoms in total. The summed E-state index contributed by atoms with van der Waals surface area (Å²) < 4.78 is 39.5. The fourth-order valence-corrected chi connectivity index (χ4v) is 4.03. The molecule has 1 aliphatic rings. The number of unbranched alkanes of at least 4 members (excludes halogenated alkanes) is 2. The molecule has 0 aliphatic heterocycles. The number of rotatable bonds is 10. The number of halogens is 3. The zero-order valence-corrected chi connectivity index (χ0v) is 16.6. The summed E-state index contributed by atoms with van der Waals surface area (Å²) in [6.07, 6.45) is 3.61. The van der Waals surface area contributed by atoms with E-state index in [0.717, 1.165) is 38.5 Å². The fourth-order valence-electron chi connectivity index (χ4n) is 4.03. The molecule has 1 heterocycles. The monoisotopic (exact) mass is 401 g/mol. The zero-order chi connectivity index (χ0) is 20.7. The van der Waals surface area contributed by atoms with Crippen LogP contribution in [-0.2, 0) is 17.4 Å². The van der Waals surface area contributed by atoms with Crippen LogP contribution in [0.2, 0.25) is 0 Å². The van der Waals surface area contributed by atoms with Crippen molar-refractivity contribution in [1.82, 2.24) is 15.5 Å². The summed E-state index contributed by atoms with van der Waals surface area (Å²) in [7, 11) is 0. The van der Waals surface area contributed by atoms with E-state index in [9.17, 15) is 22.8 Å². The second-order valence-electron chi connectivity index (χ2n) is 7.64. The van der Waals surface area contributed by atoms with Crippen molar-refractivity contribution >= 4 is 5.91 Å². The summed E-state index contributed by atoms with van der Waals surface area (Å²) in [6, 6.07) is -0.579. The van der Waals surface area contributed by atoms with Crippen molar-refractivity contribution in [2.45, 2.75) is 90.3 Å². The number of nitrogens with one attached hydrogen (secondary N) is 2. The lowest BCUT2D eigenvalue weighted by Crippen LogP contribution is -2.30. The molecule has 1 aromatic rings. The van der Waals surface area contributed by atoms with E-state index in [0.29, 0.717) is 18.8 Å². The van der Waals surface area contributed by atoms with Gasteiger partial charge < -0.3 is 5.32 Å². The molecular formula is C20H30F3N3O2. The van der Waals surface area contributed by atoms with Crippen molar-refractivity contribution in [1.29, 1.82) is 0 Å². The molecule has 1 aromatic heterocycles. The smallest absolute Gasteiger partial charge is 0.348 e. The predicted molar refractivity (Wildman–Crippen MR) is 101 cm³/mol. The van der Waals surface area contributed by atoms with E-state index in [1.807, 2.05) is 5.10 Å². The second kappa shape index (κ2) is 10.1. The lowest BCUT2D eigenvalue weighted by atomic mass is 9.92. The van der Waals surface area contributed by atoms with E-state index in [4.69, 9.17) is 0 Å². The molecule has 8 heteroatoms. The number of hydrogen-bond donors (Lipinski definition) is 2. The number of nitrogens with zero attached hydrogens (tertiary/aromatic N) is 1. The van der Waals surface area contributed by atoms with Crippen molar-refractivity contribution in [3.63, 3.8) is 0 Å². The Morgan fingerprint density at radius 1 is 1.21 bits per heavy atom. The Morgan fingerprint density at radius 2 is 1.96 bits per heavy atom. The van der Waals surface area contributed by atoms with E-state index < -0.39 is 23.3 Å². The van der Waals surface area contributed by atoms with E-state index in [-0.39, 0.29) is 23.6 Å². The van der Waals surface area contributed by atoms with Crippen LogP contribution < -0.4 is 10.9 Å². The maximum Gasteiger partial charge on any atom is 0.422 e. The number of carbonyl (C=O) groups is 1. The maximum absolute atomic E-state index is 13.2. The Hall–Kier alpha value is -1.86. The highest BCUT2D eigenvalue weighted by Gasteiger charge is 2.41. The van der Waals surface area contributed by atoms with Gasteiger partial charge in [-0.15, -0.1) is 0 Å². The number of H-pyrrole nitrogens is 1. The molecular weight excluding hydrogens is 371 g/mol. The second-order valence-corrected chi connectivity index (χ2v) is 7.64. The van der Waals surface area contributed by atoms with Gasteiger partial charge in [0.1, 0.15) is 5.56 Å². The van der Waals surface area contributed by atoms with Gasteiger partial charge in [0.15, 0.2) is 0 Å². The molecule has 2 N–H and O–H groups in total. The van der Waals surface area contributed by atoms with E-state index in [2.05, 4.69) is 24.3 Å². The van der Waals surface area contributed by atoms with Gasteiger partial charge in [-0.2, -0.15) is 18.3 Å². The fraction of sp³-hybridized carbons (Fsp3) is 0.750. The van der Waals surface area contributed by atoms with Crippen LogP contribution in [0.5, 0.6) is 0 Å². The van der Waals surface area contributed by atoms with Crippen molar-refractivity contribution in [2.24, 2.45) is 5.92 Å². The third-order valence-corrected chi connectivity index (χ3v) is 5.44. The molecule has 1 amide bonds. The molecule has 0 saturated carbocycles. The van der Waals surface area contributed by atoms with Crippen LogP contribution in [0.15, 0.2) is 4.79 Å². The number of fused-ring (bicyclic) bond motifs is 1. The van der Waals surface area contributed by atoms with Gasteiger partial charge in [0.05, 0.1) is 11.7 Å². The van der Waals surface area contributed by atoms with Gasteiger partial charge in [0.2, 0.25) is 5.91 Å². The molecule has 0 radical (unpaired) electrons. The Kier molecular flexibility index (Phi) is 8.07. The quantitative estimate of drug-likeness (QED) is 0.560. The first-order chi connectivity index (χ1) is 13.3. The van der Waals surface area contributed by atoms with Crippen LogP contribution in [0.4, 0.5) is 13.2 Å². The Labute approximate surface area is 163 Å². The molecule has 0 saturated heterocycles. The first-order valence-corrected chi connectivity index (χ1v) is 10.3. The predicted octanol–water partition coefficient (Wildman–Crippen LogP) is 4.67. The molecule has 0 aromatic carbocycles. The van der Waals surface area contributed by atoms with Crippen molar-refractivity contribution in [3.8, 4) is 0 Å². The minimum absolute atomic E-state index is 0.0848. The molecule has 2 rings (SSSR count). The summed E-state index contributed by atoms with van der Waals surface area (Å²) >= 11 is 0. The van der Waals surface area contributed by atoms with Gasteiger partial charge >= 0.3 is 6.18 Å². The summed E-state index contributed by atoms with van der Waals surface area (Å²) in [5.74, 6) is 0.334. The summed E-state index contributed by atoms with van der Waals surface area (Å²) in [4.78, 5) is 23.9. The van der Waals surface area contributed by atoms with Gasteiger partial charge in [-0.25, -0.2) is 5.10 Å². The van der Waals surface area contributed by atoms with Crippen LogP contribution in [0.1, 0.15) is 94.5 Å². The van der Waals surface area contributed by atoms with Gasteiger partial charge in [0.25, 0.3) is 5.56 Å². The van der Waals surface area contributed by atoms with Crippen LogP contribution in [-0.4, -0.2) is 16.1 Å². The van der Waals surface area contributed by atoms with Crippen molar-refractivity contribution in [3.05, 3.63) is 27.2 Å². The Balaban J connectivity index is 1.97. The standard InChI is InChI=1S/C20H30F3N3O2/c1-3-5-6-8-13(7-4-2)9-12-16(27)24-15-11-10-14-17(20(21,22)23)19(28)26-25-18(14)15/h13,15H,3-12H2,1-2H3,(H,24,27)(H,26,28). The minimum Gasteiger partial charge on any atom is -0.348 e. The molecule has 28 heavy (non-hydrogen) atoms. The zero-order valence-electron chi connectivity index (χ0n) is 16.6. The molecule has 158 valence electrons. The van der Waals surface area contributed by atoms with Crippen LogP contribution in [0.3, 0.4) is 0 Å². The highest BCUT2D eigenvalue weighted by molar-refractivity contribution is 5.76. The first-order valence-electron chi connectivity index (χ1n) is 10.3. The molecule has 1 aliphatic carbocycles. The van der Waals surface area contributed by atoms with Gasteiger partial charge in [-0.1, -0.05) is 52.4 Å². The maximum atomic E-state index is 13.2. The number of amides is 1. The molecule has 2 atom stereocenters. The third-order valence-electron chi connectivity index (χ3n) is 5.44. The summed E-state index contributed by atoms with van der Waals surface area (Å²) in [6.45, 7) is 4.29. The third kappa shape index (κ3) is 5.82. The summed E-state index contributed by atoms with van der Waals surface area (Å²) in [5.41, 5.74) is -2.38. The van der Waals surface area contributed by atoms with E-state index >= 15 is 0 Å². The van der Waals surface area contributed by atoms with Crippen molar-refractivity contribution in [2.75, 3.05) is 0 Å². The highest BCUT2D eigenvalue weighted by atomic mass is 19.4. The summed E-state index contributed by atoms with van der Waals surface area (Å²) in [5, 5.41) is 8.53. The average molecular weight is 401 g/mol. The Morgan fingerprint density at radius 3 is 2.61 bits per heavy atom. The normalized spacial score (nSPS) is 17.4. The van der Waals surface area contributed by atoms with Crippen LogP contribution in [0.25, 0.3) is 0 Å².